The molecule has 1 heterocycles. The largest absolute Gasteiger partial charge is 0.427 e. The molecule has 84 valence electrons. The van der Waals surface area contributed by atoms with Gasteiger partial charge in [0.2, 0.25) is 0 Å². The van der Waals surface area contributed by atoms with Gasteiger partial charge in [-0.1, -0.05) is 0 Å². The van der Waals surface area contributed by atoms with E-state index in [0.717, 1.165) is 0 Å². The first-order chi connectivity index (χ1) is 6.21. The van der Waals surface area contributed by atoms with Crippen LogP contribution in [0.15, 0.2) is 0 Å². The molecule has 0 radical (unpaired) electrons. The average molecular weight is 223 g/mol. The van der Waals surface area contributed by atoms with Gasteiger partial charge in [0.15, 0.2) is 0 Å². The zero-order valence-corrected chi connectivity index (χ0v) is 6.80. The fourth-order valence-electron chi connectivity index (χ4n) is 1.14. The second kappa shape index (κ2) is 3.27. The van der Waals surface area contributed by atoms with Gasteiger partial charge in [-0.05, 0) is 0 Å². The molecule has 8 heteroatoms. The van der Waals surface area contributed by atoms with Crippen molar-refractivity contribution in [2.75, 3.05) is 19.7 Å². The van der Waals surface area contributed by atoms with Crippen LogP contribution in [0.5, 0.6) is 0 Å². The van der Waals surface area contributed by atoms with Crippen LogP contribution in [0.2, 0.25) is 0 Å². The predicted octanol–water partition coefficient (Wildman–Crippen LogP) is 1.47. The molecule has 1 rings (SSSR count). The Labute approximate surface area is 75.2 Å². The zero-order chi connectivity index (χ0) is 11.0. The Balaban J connectivity index is 3.01. The molecule has 0 aromatic heterocycles. The van der Waals surface area contributed by atoms with Crippen LogP contribution in [0, 0.1) is 0 Å². The average Bonchev–Trinajstić information content (AvgIpc) is 2.02. The maximum Gasteiger partial charge on any atom is 0.427 e. The van der Waals surface area contributed by atoms with E-state index < -0.39 is 31.1 Å². The lowest BCUT2D eigenvalue weighted by Crippen LogP contribution is -2.66. The molecule has 1 aliphatic rings. The molecule has 0 spiro atoms. The molecule has 0 aromatic rings. The van der Waals surface area contributed by atoms with Crippen LogP contribution in [0.25, 0.3) is 0 Å². The van der Waals surface area contributed by atoms with Crippen molar-refractivity contribution in [1.29, 1.82) is 0 Å². The second-order valence-corrected chi connectivity index (χ2v) is 2.85. The van der Waals surface area contributed by atoms with Gasteiger partial charge in [0.25, 0.3) is 5.60 Å². The Kier molecular flexibility index (Phi) is 2.70. The summed E-state index contributed by atoms with van der Waals surface area (Å²) in [5.41, 5.74) is -4.06. The van der Waals surface area contributed by atoms with E-state index in [1.807, 2.05) is 5.32 Å². The van der Waals surface area contributed by atoms with E-state index >= 15 is 0 Å². The topological polar surface area (TPSA) is 21.3 Å². The molecule has 0 saturated carbocycles. The SMILES string of the molecule is FC(F)(F)C1(C(F)(F)F)CNCCO1. The Morgan fingerprint density at radius 1 is 1.00 bits per heavy atom. The minimum absolute atomic E-state index is 0.0199. The molecule has 0 atom stereocenters. The normalized spacial score (nSPS) is 23.6. The molecule has 2 nitrogen and oxygen atoms in total. The van der Waals surface area contributed by atoms with Gasteiger partial charge in [-0.2, -0.15) is 26.3 Å². The van der Waals surface area contributed by atoms with E-state index in [9.17, 15) is 26.3 Å². The summed E-state index contributed by atoms with van der Waals surface area (Å²) in [4.78, 5) is 0. The highest BCUT2D eigenvalue weighted by molar-refractivity contribution is 4.99. The number of morpholine rings is 1. The maximum absolute atomic E-state index is 12.2. The van der Waals surface area contributed by atoms with Crippen LogP contribution in [-0.4, -0.2) is 37.7 Å². The van der Waals surface area contributed by atoms with Crippen LogP contribution in [0.1, 0.15) is 0 Å². The van der Waals surface area contributed by atoms with Crippen LogP contribution in [0.4, 0.5) is 26.3 Å². The maximum atomic E-state index is 12.2. The van der Waals surface area contributed by atoms with Crippen molar-refractivity contribution in [2.24, 2.45) is 0 Å². The summed E-state index contributed by atoms with van der Waals surface area (Å²) in [6.07, 6.45) is -10.9. The first-order valence-electron chi connectivity index (χ1n) is 3.69. The van der Waals surface area contributed by atoms with Crippen molar-refractivity contribution < 1.29 is 31.1 Å². The van der Waals surface area contributed by atoms with Crippen molar-refractivity contribution in [1.82, 2.24) is 5.32 Å². The molecule has 1 aliphatic heterocycles. The number of rotatable bonds is 0. The quantitative estimate of drug-likeness (QED) is 0.628. The lowest BCUT2D eigenvalue weighted by atomic mass is 10.0. The van der Waals surface area contributed by atoms with Crippen LogP contribution < -0.4 is 5.32 Å². The standard InChI is InChI=1S/C6H7F6NO/c7-5(8,9)4(6(10,11)12)3-13-1-2-14-4/h13H,1-3H2. The number of alkyl halides is 6. The highest BCUT2D eigenvalue weighted by Crippen LogP contribution is 2.46. The lowest BCUT2D eigenvalue weighted by Gasteiger charge is -2.39. The highest BCUT2D eigenvalue weighted by atomic mass is 19.4. The molecule has 1 N–H and O–H groups in total. The Morgan fingerprint density at radius 2 is 1.50 bits per heavy atom. The third-order valence-electron chi connectivity index (χ3n) is 1.92. The number of halogens is 6. The first kappa shape index (κ1) is 11.6. The minimum atomic E-state index is -5.46. The summed E-state index contributed by atoms with van der Waals surface area (Å²) >= 11 is 0. The fraction of sp³-hybridized carbons (Fsp3) is 1.00. The molecule has 0 amide bonds. The van der Waals surface area contributed by atoms with Gasteiger partial charge in [0.1, 0.15) is 0 Å². The van der Waals surface area contributed by atoms with Crippen molar-refractivity contribution in [2.45, 2.75) is 18.0 Å². The van der Waals surface area contributed by atoms with E-state index in [0.29, 0.717) is 0 Å². The summed E-state index contributed by atoms with van der Waals surface area (Å²) in [7, 11) is 0. The van der Waals surface area contributed by atoms with Crippen LogP contribution in [-0.2, 0) is 4.74 Å². The third-order valence-corrected chi connectivity index (χ3v) is 1.92. The third kappa shape index (κ3) is 1.68. The van der Waals surface area contributed by atoms with Gasteiger partial charge >= 0.3 is 12.4 Å². The van der Waals surface area contributed by atoms with Crippen molar-refractivity contribution in [3.05, 3.63) is 0 Å². The van der Waals surface area contributed by atoms with Crippen molar-refractivity contribution >= 4 is 0 Å². The molecule has 14 heavy (non-hydrogen) atoms. The van der Waals surface area contributed by atoms with Gasteiger partial charge < -0.3 is 10.1 Å². The van der Waals surface area contributed by atoms with E-state index in [4.69, 9.17) is 0 Å². The number of ether oxygens (including phenoxy) is 1. The molecule has 0 aliphatic carbocycles. The summed E-state index contributed by atoms with van der Waals surface area (Å²) in [6.45, 7) is -1.92. The second-order valence-electron chi connectivity index (χ2n) is 2.85. The van der Waals surface area contributed by atoms with Crippen LogP contribution >= 0.6 is 0 Å². The van der Waals surface area contributed by atoms with Crippen LogP contribution in [0.3, 0.4) is 0 Å². The number of hydrogen-bond acceptors (Lipinski definition) is 2. The summed E-state index contributed by atoms with van der Waals surface area (Å²) < 4.78 is 77.1. The highest BCUT2D eigenvalue weighted by Gasteiger charge is 2.72. The minimum Gasteiger partial charge on any atom is -0.356 e. The van der Waals surface area contributed by atoms with Gasteiger partial charge in [-0.3, -0.25) is 0 Å². The smallest absolute Gasteiger partial charge is 0.356 e. The number of hydrogen-bond donors (Lipinski definition) is 1. The van der Waals surface area contributed by atoms with E-state index in [2.05, 4.69) is 4.74 Å². The monoisotopic (exact) mass is 223 g/mol. The van der Waals surface area contributed by atoms with E-state index in [1.165, 1.54) is 0 Å². The molecular weight excluding hydrogens is 216 g/mol. The van der Waals surface area contributed by atoms with Gasteiger partial charge in [0.05, 0.1) is 6.61 Å². The number of nitrogens with one attached hydrogen (secondary N) is 1. The lowest BCUT2D eigenvalue weighted by molar-refractivity contribution is -0.383. The summed E-state index contributed by atoms with van der Waals surface area (Å²) in [5, 5.41) is 2.02. The Morgan fingerprint density at radius 3 is 1.71 bits per heavy atom. The van der Waals surface area contributed by atoms with Gasteiger partial charge in [0, 0.05) is 13.1 Å². The predicted molar refractivity (Wildman–Crippen MR) is 33.7 cm³/mol. The van der Waals surface area contributed by atoms with E-state index in [-0.39, 0.29) is 6.54 Å². The molecular formula is C6H7F6NO. The van der Waals surface area contributed by atoms with Gasteiger partial charge in [-0.15, -0.1) is 0 Å². The molecule has 1 saturated heterocycles. The first-order valence-corrected chi connectivity index (χ1v) is 3.69. The molecule has 0 unspecified atom stereocenters. The van der Waals surface area contributed by atoms with Crippen molar-refractivity contribution in [3.8, 4) is 0 Å². The zero-order valence-electron chi connectivity index (χ0n) is 6.80. The molecule has 0 aromatic carbocycles. The van der Waals surface area contributed by atoms with Crippen molar-refractivity contribution in [3.63, 3.8) is 0 Å². The summed E-state index contributed by atoms with van der Waals surface area (Å²) in [6, 6.07) is 0. The van der Waals surface area contributed by atoms with E-state index in [1.54, 1.807) is 0 Å². The summed E-state index contributed by atoms with van der Waals surface area (Å²) in [5.74, 6) is 0. The fourth-order valence-corrected chi connectivity index (χ4v) is 1.14. The molecule has 1 fully saturated rings. The molecule has 0 bridgehead atoms. The Bertz CT molecular complexity index is 187. The van der Waals surface area contributed by atoms with Gasteiger partial charge in [-0.25, -0.2) is 0 Å². The Hall–Kier alpha value is -0.500.